The Morgan fingerprint density at radius 2 is 1.56 bits per heavy atom. The summed E-state index contributed by atoms with van der Waals surface area (Å²) in [6.45, 7) is 2.23. The Morgan fingerprint density at radius 1 is 0.938 bits per heavy atom. The Morgan fingerprint density at radius 3 is 2.19 bits per heavy atom. The molecule has 0 radical (unpaired) electrons. The van der Waals surface area contributed by atoms with E-state index in [-0.39, 0.29) is 0 Å². The van der Waals surface area contributed by atoms with Gasteiger partial charge in [-0.2, -0.15) is 11.8 Å². The van der Waals surface area contributed by atoms with E-state index in [0.717, 1.165) is 22.9 Å². The van der Waals surface area contributed by atoms with Gasteiger partial charge in [0.25, 0.3) is 0 Å². The number of unbranched alkanes of at least 4 members (excludes halogenated alkanes) is 5. The second-order valence-electron chi connectivity index (χ2n) is 3.70. The normalized spacial score (nSPS) is 11.9. The van der Waals surface area contributed by atoms with Crippen LogP contribution in [0.15, 0.2) is 0 Å². The summed E-state index contributed by atoms with van der Waals surface area (Å²) in [6.07, 6.45) is 8.01. The molecule has 0 aromatic carbocycles. The predicted octanol–water partition coefficient (Wildman–Crippen LogP) is 4.02. The summed E-state index contributed by atoms with van der Waals surface area (Å²) in [5, 5.41) is 0. The van der Waals surface area contributed by atoms with Gasteiger partial charge < -0.3 is 9.79 Å². The van der Waals surface area contributed by atoms with E-state index < -0.39 is 5.69 Å². The molecular formula is C10H23O2PS3. The van der Waals surface area contributed by atoms with Crippen LogP contribution in [0.5, 0.6) is 0 Å². The highest BCUT2D eigenvalue weighted by atomic mass is 32.9. The average Bonchev–Trinajstić information content (AvgIpc) is 2.19. The van der Waals surface area contributed by atoms with E-state index in [1.54, 1.807) is 0 Å². The molecule has 0 aromatic heterocycles. The highest BCUT2D eigenvalue weighted by Crippen LogP contribution is 2.50. The lowest BCUT2D eigenvalue weighted by Gasteiger charge is -2.05. The first kappa shape index (κ1) is 17.3. The molecule has 0 aliphatic rings. The van der Waals surface area contributed by atoms with Crippen molar-refractivity contribution in [1.29, 1.82) is 0 Å². The molecule has 0 rings (SSSR count). The Bertz CT molecular complexity index is 197. The summed E-state index contributed by atoms with van der Waals surface area (Å²) in [7, 11) is 0. The second kappa shape index (κ2) is 11.4. The standard InChI is InChI=1S/C10H23O2PS3/c1-2-3-4-5-6-7-8-15-9-10-16-13(11,12)14/h2-10H2,1H3,(H2,11,12,14). The molecule has 0 heterocycles. The van der Waals surface area contributed by atoms with Gasteiger partial charge in [0, 0.05) is 11.5 Å². The summed E-state index contributed by atoms with van der Waals surface area (Å²) in [5.74, 6) is 2.91. The summed E-state index contributed by atoms with van der Waals surface area (Å²) in [4.78, 5) is 18.0. The largest absolute Gasteiger partial charge is 0.338 e. The number of hydrogen-bond acceptors (Lipinski definition) is 3. The Kier molecular flexibility index (Phi) is 12.3. The first-order chi connectivity index (χ1) is 7.56. The minimum atomic E-state index is -3.00. The van der Waals surface area contributed by atoms with Crippen molar-refractivity contribution >= 4 is 40.6 Å². The SMILES string of the molecule is CCCCCCCCSCCSP(O)(O)=S. The molecule has 0 spiro atoms. The molecule has 0 aromatic rings. The number of hydrogen-bond donors (Lipinski definition) is 2. The first-order valence-corrected chi connectivity index (χ1v) is 11.3. The summed E-state index contributed by atoms with van der Waals surface area (Å²) < 4.78 is 0. The fourth-order valence-electron chi connectivity index (χ4n) is 1.30. The van der Waals surface area contributed by atoms with Gasteiger partial charge in [-0.1, -0.05) is 50.4 Å². The minimum absolute atomic E-state index is 0.755. The molecule has 0 aliphatic heterocycles. The molecule has 0 saturated carbocycles. The van der Waals surface area contributed by atoms with E-state index in [4.69, 9.17) is 9.79 Å². The molecule has 0 unspecified atom stereocenters. The van der Waals surface area contributed by atoms with E-state index in [0.29, 0.717) is 0 Å². The lowest BCUT2D eigenvalue weighted by atomic mass is 10.1. The van der Waals surface area contributed by atoms with Gasteiger partial charge >= 0.3 is 0 Å². The molecule has 0 amide bonds. The molecule has 0 atom stereocenters. The maximum absolute atomic E-state index is 8.98. The molecule has 0 aliphatic carbocycles. The average molecular weight is 302 g/mol. The van der Waals surface area contributed by atoms with E-state index in [1.165, 1.54) is 44.3 Å². The van der Waals surface area contributed by atoms with E-state index in [1.807, 2.05) is 11.8 Å². The van der Waals surface area contributed by atoms with E-state index in [9.17, 15) is 0 Å². The second-order valence-corrected chi connectivity index (χ2v) is 11.1. The highest BCUT2D eigenvalue weighted by Gasteiger charge is 2.06. The van der Waals surface area contributed by atoms with Crippen LogP contribution < -0.4 is 0 Å². The number of rotatable bonds is 11. The first-order valence-electron chi connectivity index (χ1n) is 5.84. The van der Waals surface area contributed by atoms with Gasteiger partial charge in [-0.05, 0) is 24.0 Å². The molecule has 98 valence electrons. The smallest absolute Gasteiger partial charge is 0.242 e. The van der Waals surface area contributed by atoms with Crippen molar-refractivity contribution < 1.29 is 9.79 Å². The zero-order chi connectivity index (χ0) is 12.3. The quantitative estimate of drug-likeness (QED) is 0.445. The van der Waals surface area contributed by atoms with Crippen molar-refractivity contribution in [2.45, 2.75) is 45.4 Å². The van der Waals surface area contributed by atoms with Crippen LogP contribution in [0.25, 0.3) is 0 Å². The molecule has 0 fully saturated rings. The van der Waals surface area contributed by atoms with Crippen molar-refractivity contribution in [3.05, 3.63) is 0 Å². The molecule has 2 N–H and O–H groups in total. The molecule has 16 heavy (non-hydrogen) atoms. The van der Waals surface area contributed by atoms with Gasteiger partial charge in [0.15, 0.2) is 0 Å². The van der Waals surface area contributed by atoms with Crippen molar-refractivity contribution in [1.82, 2.24) is 0 Å². The summed E-state index contributed by atoms with van der Waals surface area (Å²) in [6, 6.07) is 0. The molecular weight excluding hydrogens is 279 g/mol. The summed E-state index contributed by atoms with van der Waals surface area (Å²) in [5.41, 5.74) is -3.00. The van der Waals surface area contributed by atoms with Crippen molar-refractivity contribution in [2.24, 2.45) is 0 Å². The monoisotopic (exact) mass is 302 g/mol. The number of thioether (sulfide) groups is 1. The zero-order valence-electron chi connectivity index (χ0n) is 9.93. The fourth-order valence-corrected chi connectivity index (χ4v) is 4.98. The van der Waals surface area contributed by atoms with Crippen LogP contribution in [0.4, 0.5) is 0 Å². The van der Waals surface area contributed by atoms with E-state index >= 15 is 0 Å². The molecule has 6 heteroatoms. The van der Waals surface area contributed by atoms with Crippen LogP contribution in [0.2, 0.25) is 0 Å². The molecule has 0 bridgehead atoms. The van der Waals surface area contributed by atoms with Crippen LogP contribution in [-0.4, -0.2) is 27.0 Å². The molecule has 2 nitrogen and oxygen atoms in total. The van der Waals surface area contributed by atoms with Crippen LogP contribution in [0, 0.1) is 0 Å². The fraction of sp³-hybridized carbons (Fsp3) is 1.00. The Labute approximate surface area is 113 Å². The van der Waals surface area contributed by atoms with E-state index in [2.05, 4.69) is 18.7 Å². The lowest BCUT2D eigenvalue weighted by molar-refractivity contribution is 0.502. The third-order valence-corrected chi connectivity index (χ3v) is 6.69. The van der Waals surface area contributed by atoms with Crippen LogP contribution in [-0.2, 0) is 11.8 Å². The molecule has 0 saturated heterocycles. The van der Waals surface area contributed by atoms with Gasteiger partial charge in [0.1, 0.15) is 0 Å². The van der Waals surface area contributed by atoms with Crippen molar-refractivity contribution in [3.8, 4) is 0 Å². The van der Waals surface area contributed by atoms with Gasteiger partial charge in [-0.3, -0.25) is 0 Å². The third-order valence-electron chi connectivity index (χ3n) is 2.13. The van der Waals surface area contributed by atoms with Gasteiger partial charge in [-0.25, -0.2) is 0 Å². The highest BCUT2D eigenvalue weighted by molar-refractivity contribution is 8.67. The van der Waals surface area contributed by atoms with Gasteiger partial charge in [-0.15, -0.1) is 0 Å². The minimum Gasteiger partial charge on any atom is -0.338 e. The van der Waals surface area contributed by atoms with Crippen molar-refractivity contribution in [2.75, 3.05) is 17.3 Å². The zero-order valence-corrected chi connectivity index (χ0v) is 13.3. The lowest BCUT2D eigenvalue weighted by Crippen LogP contribution is -1.88. The van der Waals surface area contributed by atoms with Crippen LogP contribution >= 0.6 is 28.8 Å². The predicted molar refractivity (Wildman–Crippen MR) is 81.9 cm³/mol. The topological polar surface area (TPSA) is 40.5 Å². The van der Waals surface area contributed by atoms with Crippen molar-refractivity contribution in [3.63, 3.8) is 0 Å². The summed E-state index contributed by atoms with van der Waals surface area (Å²) >= 11 is 7.53. The Hall–Kier alpha value is 1.27. The van der Waals surface area contributed by atoms with Gasteiger partial charge in [0.05, 0.1) is 0 Å². The Balaban J connectivity index is 3.02. The van der Waals surface area contributed by atoms with Crippen LogP contribution in [0.3, 0.4) is 0 Å². The van der Waals surface area contributed by atoms with Gasteiger partial charge in [0.2, 0.25) is 5.69 Å². The third kappa shape index (κ3) is 15.3. The maximum Gasteiger partial charge on any atom is 0.242 e. The van der Waals surface area contributed by atoms with Crippen LogP contribution in [0.1, 0.15) is 45.4 Å². The maximum atomic E-state index is 8.98.